The summed E-state index contributed by atoms with van der Waals surface area (Å²) in [7, 11) is 0. The third-order valence-corrected chi connectivity index (χ3v) is 4.01. The number of amides is 1. The Hall–Kier alpha value is -2.55. The molecule has 0 spiro atoms. The molecule has 0 aliphatic carbocycles. The van der Waals surface area contributed by atoms with E-state index >= 15 is 0 Å². The van der Waals surface area contributed by atoms with Crippen LogP contribution in [-0.2, 0) is 13.1 Å². The van der Waals surface area contributed by atoms with Crippen LogP contribution in [-0.4, -0.2) is 10.8 Å². The summed E-state index contributed by atoms with van der Waals surface area (Å²) in [5.41, 5.74) is 4.03. The topological polar surface area (TPSA) is 33.5 Å². The summed E-state index contributed by atoms with van der Waals surface area (Å²) in [5.74, 6) is 0.940. The number of rotatable bonds is 1. The van der Waals surface area contributed by atoms with Gasteiger partial charge in [0.15, 0.2) is 0 Å². The number of benzene rings is 2. The molecule has 3 aromatic rings. The van der Waals surface area contributed by atoms with Crippen molar-refractivity contribution in [3.63, 3.8) is 0 Å². The van der Waals surface area contributed by atoms with Crippen LogP contribution in [0, 0.1) is 6.92 Å². The Morgan fingerprint density at radius 3 is 2.48 bits per heavy atom. The number of carbonyl (C=O) groups excluding carboxylic acids is 1. The summed E-state index contributed by atoms with van der Waals surface area (Å²) in [6.45, 7) is 3.30. The number of fused-ring (bicyclic) bond motifs is 2. The Bertz CT molecular complexity index is 822. The monoisotopic (exact) mass is 277 g/mol. The molecule has 0 radical (unpaired) electrons. The SMILES string of the molecule is Cc1cc2cc(C(=O)N3Cc4ccccc4C3)ccc2o1. The van der Waals surface area contributed by atoms with Crippen LogP contribution in [0.4, 0.5) is 0 Å². The second-order valence-corrected chi connectivity index (χ2v) is 5.54. The van der Waals surface area contributed by atoms with Crippen LogP contribution in [0.15, 0.2) is 52.9 Å². The molecule has 1 aliphatic heterocycles. The van der Waals surface area contributed by atoms with Crippen LogP contribution in [0.25, 0.3) is 11.0 Å². The zero-order valence-electron chi connectivity index (χ0n) is 11.8. The minimum Gasteiger partial charge on any atom is -0.461 e. The Kier molecular flexibility index (Phi) is 2.61. The van der Waals surface area contributed by atoms with Gasteiger partial charge in [-0.3, -0.25) is 4.79 Å². The van der Waals surface area contributed by atoms with Crippen molar-refractivity contribution in [3.05, 3.63) is 71.0 Å². The molecule has 0 N–H and O–H groups in total. The van der Waals surface area contributed by atoms with E-state index in [0.717, 1.165) is 22.3 Å². The van der Waals surface area contributed by atoms with Crippen molar-refractivity contribution >= 4 is 16.9 Å². The third kappa shape index (κ3) is 2.02. The quantitative estimate of drug-likeness (QED) is 0.676. The predicted octanol–water partition coefficient (Wildman–Crippen LogP) is 3.90. The molecule has 104 valence electrons. The molecule has 0 unspecified atom stereocenters. The predicted molar refractivity (Wildman–Crippen MR) is 81.0 cm³/mol. The Morgan fingerprint density at radius 2 is 1.76 bits per heavy atom. The van der Waals surface area contributed by atoms with Crippen molar-refractivity contribution in [3.8, 4) is 0 Å². The molecular formula is C18H15NO2. The third-order valence-electron chi connectivity index (χ3n) is 4.01. The number of hydrogen-bond donors (Lipinski definition) is 0. The molecular weight excluding hydrogens is 262 g/mol. The number of hydrogen-bond acceptors (Lipinski definition) is 2. The van der Waals surface area contributed by atoms with Gasteiger partial charge < -0.3 is 9.32 Å². The fraction of sp³-hybridized carbons (Fsp3) is 0.167. The van der Waals surface area contributed by atoms with E-state index < -0.39 is 0 Å². The second-order valence-electron chi connectivity index (χ2n) is 5.54. The summed E-state index contributed by atoms with van der Waals surface area (Å²) in [6.07, 6.45) is 0. The molecule has 3 nitrogen and oxygen atoms in total. The maximum Gasteiger partial charge on any atom is 0.254 e. The molecule has 1 aliphatic rings. The largest absolute Gasteiger partial charge is 0.461 e. The first-order chi connectivity index (χ1) is 10.2. The highest BCUT2D eigenvalue weighted by Gasteiger charge is 2.24. The van der Waals surface area contributed by atoms with Gasteiger partial charge >= 0.3 is 0 Å². The van der Waals surface area contributed by atoms with Crippen LogP contribution in [0.5, 0.6) is 0 Å². The molecule has 1 amide bonds. The first kappa shape index (κ1) is 12.2. The maximum atomic E-state index is 12.7. The minimum atomic E-state index is 0.0759. The van der Waals surface area contributed by atoms with Gasteiger partial charge in [-0.2, -0.15) is 0 Å². The van der Waals surface area contributed by atoms with Gasteiger partial charge in [-0.15, -0.1) is 0 Å². The van der Waals surface area contributed by atoms with Gasteiger partial charge in [0.25, 0.3) is 5.91 Å². The van der Waals surface area contributed by atoms with Crippen molar-refractivity contribution in [2.24, 2.45) is 0 Å². The minimum absolute atomic E-state index is 0.0759. The Balaban J connectivity index is 1.65. The van der Waals surface area contributed by atoms with Gasteiger partial charge in [-0.1, -0.05) is 24.3 Å². The van der Waals surface area contributed by atoms with E-state index in [2.05, 4.69) is 12.1 Å². The zero-order chi connectivity index (χ0) is 14.4. The summed E-state index contributed by atoms with van der Waals surface area (Å²) in [5, 5.41) is 0.982. The molecule has 2 aromatic carbocycles. The normalized spacial score (nSPS) is 13.7. The maximum absolute atomic E-state index is 12.7. The highest BCUT2D eigenvalue weighted by molar-refractivity contribution is 5.98. The Morgan fingerprint density at radius 1 is 1.05 bits per heavy atom. The first-order valence-corrected chi connectivity index (χ1v) is 7.07. The summed E-state index contributed by atoms with van der Waals surface area (Å²) < 4.78 is 5.55. The van der Waals surface area contributed by atoms with E-state index in [9.17, 15) is 4.79 Å². The van der Waals surface area contributed by atoms with E-state index in [1.54, 1.807) is 0 Å². The molecule has 0 fully saturated rings. The lowest BCUT2D eigenvalue weighted by molar-refractivity contribution is 0.0751. The van der Waals surface area contributed by atoms with Crippen LogP contribution < -0.4 is 0 Å². The van der Waals surface area contributed by atoms with Crippen LogP contribution >= 0.6 is 0 Å². The van der Waals surface area contributed by atoms with Crippen LogP contribution in [0.1, 0.15) is 27.2 Å². The van der Waals surface area contributed by atoms with E-state index in [-0.39, 0.29) is 5.91 Å². The fourth-order valence-electron chi connectivity index (χ4n) is 2.97. The average molecular weight is 277 g/mol. The van der Waals surface area contributed by atoms with Gasteiger partial charge in [-0.25, -0.2) is 0 Å². The molecule has 0 saturated heterocycles. The summed E-state index contributed by atoms with van der Waals surface area (Å²) in [6, 6.07) is 15.8. The van der Waals surface area contributed by atoms with Crippen molar-refractivity contribution in [2.75, 3.05) is 0 Å². The van der Waals surface area contributed by atoms with Gasteiger partial charge in [0.05, 0.1) is 0 Å². The number of nitrogens with zero attached hydrogens (tertiary/aromatic N) is 1. The van der Waals surface area contributed by atoms with Crippen molar-refractivity contribution in [2.45, 2.75) is 20.0 Å². The number of aryl methyl sites for hydroxylation is 1. The average Bonchev–Trinajstić information content (AvgIpc) is 3.07. The van der Waals surface area contributed by atoms with Gasteiger partial charge in [0.1, 0.15) is 11.3 Å². The molecule has 2 heterocycles. The first-order valence-electron chi connectivity index (χ1n) is 7.07. The van der Waals surface area contributed by atoms with Crippen LogP contribution in [0.3, 0.4) is 0 Å². The molecule has 4 rings (SSSR count). The molecule has 21 heavy (non-hydrogen) atoms. The molecule has 3 heteroatoms. The lowest BCUT2D eigenvalue weighted by Gasteiger charge is -2.15. The standard InChI is InChI=1S/C18H15NO2/c1-12-8-16-9-13(6-7-17(16)21-12)18(20)19-10-14-4-2-3-5-15(14)11-19/h2-9H,10-11H2,1H3. The van der Waals surface area contributed by atoms with E-state index in [4.69, 9.17) is 4.42 Å². The smallest absolute Gasteiger partial charge is 0.254 e. The van der Waals surface area contributed by atoms with Crippen molar-refractivity contribution in [1.29, 1.82) is 0 Å². The number of carbonyl (C=O) groups is 1. The Labute approximate surface area is 122 Å². The molecule has 0 saturated carbocycles. The van der Waals surface area contributed by atoms with Gasteiger partial charge in [0.2, 0.25) is 0 Å². The second kappa shape index (κ2) is 4.48. The van der Waals surface area contributed by atoms with Crippen LogP contribution in [0.2, 0.25) is 0 Å². The lowest BCUT2D eigenvalue weighted by atomic mass is 10.1. The van der Waals surface area contributed by atoms with Gasteiger partial charge in [0, 0.05) is 24.0 Å². The van der Waals surface area contributed by atoms with E-state index in [1.165, 1.54) is 11.1 Å². The zero-order valence-corrected chi connectivity index (χ0v) is 11.8. The van der Waals surface area contributed by atoms with E-state index in [0.29, 0.717) is 13.1 Å². The van der Waals surface area contributed by atoms with Gasteiger partial charge in [-0.05, 0) is 42.3 Å². The highest BCUT2D eigenvalue weighted by atomic mass is 16.3. The van der Waals surface area contributed by atoms with Crippen molar-refractivity contribution in [1.82, 2.24) is 4.90 Å². The molecule has 0 bridgehead atoms. The number of furan rings is 1. The molecule has 1 aromatic heterocycles. The van der Waals surface area contributed by atoms with E-state index in [1.807, 2.05) is 48.2 Å². The summed E-state index contributed by atoms with van der Waals surface area (Å²) >= 11 is 0. The fourth-order valence-corrected chi connectivity index (χ4v) is 2.97. The lowest BCUT2D eigenvalue weighted by Crippen LogP contribution is -2.25. The van der Waals surface area contributed by atoms with Crippen molar-refractivity contribution < 1.29 is 9.21 Å². The highest BCUT2D eigenvalue weighted by Crippen LogP contribution is 2.26. The molecule has 0 atom stereocenters. The summed E-state index contributed by atoms with van der Waals surface area (Å²) in [4.78, 5) is 14.5.